The van der Waals surface area contributed by atoms with Crippen molar-refractivity contribution >= 4 is 10.9 Å². The molecule has 0 fully saturated rings. The Bertz CT molecular complexity index is 537. The van der Waals surface area contributed by atoms with Crippen molar-refractivity contribution in [2.24, 2.45) is 0 Å². The van der Waals surface area contributed by atoms with Crippen molar-refractivity contribution in [1.29, 1.82) is 0 Å². The molecule has 1 aromatic heterocycles. The molecule has 1 unspecified atom stereocenters. The van der Waals surface area contributed by atoms with Crippen LogP contribution in [0, 0.1) is 5.82 Å². The fraction of sp³-hybridized carbons (Fsp3) is 0.364. The van der Waals surface area contributed by atoms with Gasteiger partial charge < -0.3 is 10.5 Å². The van der Waals surface area contributed by atoms with Crippen molar-refractivity contribution in [1.82, 2.24) is 9.78 Å². The lowest BCUT2D eigenvalue weighted by atomic mass is 10.1. The SMILES string of the molecule is [NH3+]CC1OCCn2nc3ccc(F)cc3c21. The highest BCUT2D eigenvalue weighted by molar-refractivity contribution is 5.82. The number of halogens is 1. The van der Waals surface area contributed by atoms with Crippen LogP contribution >= 0.6 is 0 Å². The molecule has 0 saturated heterocycles. The molecule has 1 atom stereocenters. The summed E-state index contributed by atoms with van der Waals surface area (Å²) in [6.45, 7) is 2.00. The average Bonchev–Trinajstić information content (AvgIpc) is 2.66. The Morgan fingerprint density at radius 2 is 2.44 bits per heavy atom. The third-order valence-corrected chi connectivity index (χ3v) is 2.93. The molecule has 16 heavy (non-hydrogen) atoms. The van der Waals surface area contributed by atoms with Gasteiger partial charge in [-0.05, 0) is 18.2 Å². The molecule has 1 aromatic carbocycles. The molecule has 0 aliphatic carbocycles. The summed E-state index contributed by atoms with van der Waals surface area (Å²) in [6.07, 6.45) is -0.0689. The molecule has 2 aromatic rings. The van der Waals surface area contributed by atoms with Crippen LogP contribution in [0.3, 0.4) is 0 Å². The predicted molar refractivity (Wildman–Crippen MR) is 56.1 cm³/mol. The fourth-order valence-corrected chi connectivity index (χ4v) is 2.21. The van der Waals surface area contributed by atoms with E-state index in [1.165, 1.54) is 12.1 Å². The summed E-state index contributed by atoms with van der Waals surface area (Å²) in [5, 5.41) is 5.28. The normalized spacial score (nSPS) is 20.0. The first-order valence-electron chi connectivity index (χ1n) is 5.36. The van der Waals surface area contributed by atoms with Gasteiger partial charge in [0.2, 0.25) is 0 Å². The van der Waals surface area contributed by atoms with Crippen molar-refractivity contribution in [3.05, 3.63) is 29.7 Å². The minimum Gasteiger partial charge on any atom is -0.364 e. The van der Waals surface area contributed by atoms with E-state index in [0.717, 1.165) is 23.1 Å². The molecule has 0 spiro atoms. The van der Waals surface area contributed by atoms with Crippen molar-refractivity contribution in [3.63, 3.8) is 0 Å². The quantitative estimate of drug-likeness (QED) is 0.763. The number of ether oxygens (including phenoxy) is 1. The van der Waals surface area contributed by atoms with Crippen LogP contribution in [0.1, 0.15) is 11.8 Å². The number of quaternary nitrogens is 1. The second-order valence-electron chi connectivity index (χ2n) is 3.92. The van der Waals surface area contributed by atoms with Crippen LogP contribution in [-0.2, 0) is 11.3 Å². The second-order valence-corrected chi connectivity index (χ2v) is 3.92. The number of rotatable bonds is 1. The molecule has 1 aliphatic heterocycles. The summed E-state index contributed by atoms with van der Waals surface area (Å²) in [7, 11) is 0. The van der Waals surface area contributed by atoms with Crippen LogP contribution in [-0.4, -0.2) is 22.9 Å². The molecule has 3 N–H and O–H groups in total. The van der Waals surface area contributed by atoms with E-state index < -0.39 is 0 Å². The summed E-state index contributed by atoms with van der Waals surface area (Å²) in [6, 6.07) is 4.66. The number of hydrogen-bond donors (Lipinski definition) is 1. The van der Waals surface area contributed by atoms with Gasteiger partial charge in [-0.3, -0.25) is 4.68 Å². The molecule has 0 radical (unpaired) electrons. The molecule has 5 heteroatoms. The van der Waals surface area contributed by atoms with Crippen molar-refractivity contribution in [2.45, 2.75) is 12.6 Å². The predicted octanol–water partition coefficient (Wildman–Crippen LogP) is 0.489. The Balaban J connectivity index is 2.27. The Kier molecular flexibility index (Phi) is 2.15. The minimum atomic E-state index is -0.239. The smallest absolute Gasteiger partial charge is 0.148 e. The van der Waals surface area contributed by atoms with Crippen molar-refractivity contribution < 1.29 is 14.9 Å². The number of benzene rings is 1. The van der Waals surface area contributed by atoms with Crippen molar-refractivity contribution in [2.75, 3.05) is 13.2 Å². The maximum absolute atomic E-state index is 13.2. The van der Waals surface area contributed by atoms with E-state index in [1.807, 2.05) is 4.68 Å². The molecular formula is C11H13FN3O+. The lowest BCUT2D eigenvalue weighted by molar-refractivity contribution is -0.389. The van der Waals surface area contributed by atoms with Gasteiger partial charge in [0.1, 0.15) is 18.5 Å². The lowest BCUT2D eigenvalue weighted by Gasteiger charge is -2.21. The van der Waals surface area contributed by atoms with Crippen LogP contribution in [0.4, 0.5) is 4.39 Å². The Morgan fingerprint density at radius 3 is 3.25 bits per heavy atom. The van der Waals surface area contributed by atoms with Crippen LogP contribution in [0.5, 0.6) is 0 Å². The molecule has 0 amide bonds. The zero-order valence-electron chi connectivity index (χ0n) is 8.82. The molecule has 84 valence electrons. The number of nitrogens with zero attached hydrogens (tertiary/aromatic N) is 2. The third kappa shape index (κ3) is 1.32. The Labute approximate surface area is 91.8 Å². The monoisotopic (exact) mass is 222 g/mol. The third-order valence-electron chi connectivity index (χ3n) is 2.93. The summed E-state index contributed by atoms with van der Waals surface area (Å²) in [4.78, 5) is 0. The van der Waals surface area contributed by atoms with Gasteiger partial charge in [-0.15, -0.1) is 0 Å². The zero-order chi connectivity index (χ0) is 11.1. The fourth-order valence-electron chi connectivity index (χ4n) is 2.21. The summed E-state index contributed by atoms with van der Waals surface area (Å²) >= 11 is 0. The first-order valence-corrected chi connectivity index (χ1v) is 5.36. The maximum Gasteiger partial charge on any atom is 0.148 e. The average molecular weight is 222 g/mol. The number of hydrogen-bond acceptors (Lipinski definition) is 2. The molecule has 4 nitrogen and oxygen atoms in total. The van der Waals surface area contributed by atoms with Gasteiger partial charge in [0.15, 0.2) is 0 Å². The largest absolute Gasteiger partial charge is 0.364 e. The topological polar surface area (TPSA) is 54.7 Å². The maximum atomic E-state index is 13.2. The van der Waals surface area contributed by atoms with E-state index in [4.69, 9.17) is 4.74 Å². The van der Waals surface area contributed by atoms with E-state index >= 15 is 0 Å². The number of fused-ring (bicyclic) bond motifs is 3. The summed E-state index contributed by atoms with van der Waals surface area (Å²) in [5.41, 5.74) is 5.63. The molecule has 0 bridgehead atoms. The summed E-state index contributed by atoms with van der Waals surface area (Å²) < 4.78 is 20.7. The van der Waals surface area contributed by atoms with Gasteiger partial charge in [-0.1, -0.05) is 0 Å². The van der Waals surface area contributed by atoms with Gasteiger partial charge in [-0.25, -0.2) is 4.39 Å². The van der Waals surface area contributed by atoms with E-state index in [2.05, 4.69) is 10.8 Å². The van der Waals surface area contributed by atoms with Gasteiger partial charge in [0.05, 0.1) is 24.4 Å². The number of aromatic nitrogens is 2. The first kappa shape index (κ1) is 9.74. The molecule has 1 aliphatic rings. The van der Waals surface area contributed by atoms with Crippen LogP contribution in [0.2, 0.25) is 0 Å². The molecule has 3 rings (SSSR count). The van der Waals surface area contributed by atoms with Gasteiger partial charge in [0, 0.05) is 5.39 Å². The van der Waals surface area contributed by atoms with E-state index in [1.54, 1.807) is 6.07 Å². The standard InChI is InChI=1S/C11H12FN3O/c12-7-1-2-9-8(5-7)11-10(6-13)16-4-3-15(11)14-9/h1-2,5,10H,3-4,6,13H2/p+1. The van der Waals surface area contributed by atoms with Crippen LogP contribution < -0.4 is 5.73 Å². The van der Waals surface area contributed by atoms with E-state index in [-0.39, 0.29) is 11.9 Å². The molecular weight excluding hydrogens is 209 g/mol. The highest BCUT2D eigenvalue weighted by atomic mass is 19.1. The van der Waals surface area contributed by atoms with Crippen LogP contribution in [0.25, 0.3) is 10.9 Å². The summed E-state index contributed by atoms with van der Waals surface area (Å²) in [5.74, 6) is -0.239. The van der Waals surface area contributed by atoms with Gasteiger partial charge in [0.25, 0.3) is 0 Å². The lowest BCUT2D eigenvalue weighted by Crippen LogP contribution is -2.54. The second kappa shape index (κ2) is 3.54. The highest BCUT2D eigenvalue weighted by Crippen LogP contribution is 2.29. The van der Waals surface area contributed by atoms with Crippen LogP contribution in [0.15, 0.2) is 18.2 Å². The zero-order valence-corrected chi connectivity index (χ0v) is 8.82. The van der Waals surface area contributed by atoms with E-state index in [9.17, 15) is 4.39 Å². The van der Waals surface area contributed by atoms with E-state index in [0.29, 0.717) is 13.2 Å². The molecule has 2 heterocycles. The van der Waals surface area contributed by atoms with Crippen molar-refractivity contribution in [3.8, 4) is 0 Å². The highest BCUT2D eigenvalue weighted by Gasteiger charge is 2.25. The Morgan fingerprint density at radius 1 is 1.56 bits per heavy atom. The molecule has 0 saturated carbocycles. The first-order chi connectivity index (χ1) is 7.79. The Hall–Kier alpha value is -1.46. The minimum absolute atomic E-state index is 0.0689. The van der Waals surface area contributed by atoms with Gasteiger partial charge in [-0.2, -0.15) is 5.10 Å². The van der Waals surface area contributed by atoms with Gasteiger partial charge >= 0.3 is 0 Å².